The van der Waals surface area contributed by atoms with Crippen molar-refractivity contribution in [3.05, 3.63) is 73.6 Å². The number of carbonyl (C=O) groups is 2. The third-order valence-corrected chi connectivity index (χ3v) is 3.41. The van der Waals surface area contributed by atoms with Gasteiger partial charge in [0.25, 0.3) is 17.3 Å². The first-order valence-electron chi connectivity index (χ1n) is 7.35. The number of hydrogen-bond acceptors (Lipinski definition) is 7. The largest absolute Gasteiger partial charge is 0.452 e. The molecule has 0 heterocycles. The number of benzene rings is 2. The molecule has 2 aromatic carbocycles. The first-order chi connectivity index (χ1) is 12.7. The van der Waals surface area contributed by atoms with Crippen LogP contribution in [0.1, 0.15) is 15.9 Å². The van der Waals surface area contributed by atoms with E-state index in [0.717, 1.165) is 18.2 Å². The number of para-hydroxylation sites is 1. The van der Waals surface area contributed by atoms with Crippen molar-refractivity contribution in [2.75, 3.05) is 11.9 Å². The van der Waals surface area contributed by atoms with Gasteiger partial charge < -0.3 is 10.1 Å². The van der Waals surface area contributed by atoms with Crippen molar-refractivity contribution in [3.8, 4) is 0 Å². The van der Waals surface area contributed by atoms with Gasteiger partial charge in [0.2, 0.25) is 0 Å². The molecule has 1 amide bonds. The number of nitro groups is 2. The van der Waals surface area contributed by atoms with E-state index >= 15 is 0 Å². The molecule has 1 N–H and O–H groups in total. The van der Waals surface area contributed by atoms with Gasteiger partial charge >= 0.3 is 5.97 Å². The average Bonchev–Trinajstić information content (AvgIpc) is 2.60. The predicted octanol–water partition coefficient (Wildman–Crippen LogP) is 2.75. The number of esters is 1. The second-order valence-corrected chi connectivity index (χ2v) is 5.27. The molecule has 0 spiro atoms. The molecular formula is C16H12FN3O7. The summed E-state index contributed by atoms with van der Waals surface area (Å²) < 4.78 is 18.3. The van der Waals surface area contributed by atoms with E-state index in [1.54, 1.807) is 0 Å². The van der Waals surface area contributed by atoms with Crippen molar-refractivity contribution in [2.24, 2.45) is 0 Å². The zero-order chi connectivity index (χ0) is 20.1. The average molecular weight is 377 g/mol. The van der Waals surface area contributed by atoms with E-state index in [1.807, 2.05) is 5.32 Å². The van der Waals surface area contributed by atoms with Gasteiger partial charge in [-0.3, -0.25) is 25.0 Å². The zero-order valence-electron chi connectivity index (χ0n) is 13.8. The maximum atomic E-state index is 13.6. The lowest BCUT2D eigenvalue weighted by Crippen LogP contribution is -2.22. The third kappa shape index (κ3) is 4.60. The smallest absolute Gasteiger partial charge is 0.345 e. The zero-order valence-corrected chi connectivity index (χ0v) is 13.8. The summed E-state index contributed by atoms with van der Waals surface area (Å²) in [6.45, 7) is 0.568. The number of ether oxygens (including phenoxy) is 1. The maximum absolute atomic E-state index is 13.6. The minimum Gasteiger partial charge on any atom is -0.452 e. The van der Waals surface area contributed by atoms with Crippen molar-refractivity contribution in [3.63, 3.8) is 0 Å². The molecule has 0 aromatic heterocycles. The van der Waals surface area contributed by atoms with Crippen molar-refractivity contribution in [1.82, 2.24) is 0 Å². The first-order valence-corrected chi connectivity index (χ1v) is 7.35. The van der Waals surface area contributed by atoms with Gasteiger partial charge in [0.05, 0.1) is 15.5 Å². The monoisotopic (exact) mass is 377 g/mol. The normalized spacial score (nSPS) is 10.1. The minimum atomic E-state index is -1.11. The molecule has 0 bridgehead atoms. The lowest BCUT2D eigenvalue weighted by atomic mass is 10.1. The molecule has 0 radical (unpaired) electrons. The Hall–Kier alpha value is -3.89. The summed E-state index contributed by atoms with van der Waals surface area (Å²) in [6.07, 6.45) is 0. The molecule has 10 nitrogen and oxygen atoms in total. The minimum absolute atomic E-state index is 0.234. The molecule has 0 saturated carbocycles. The summed E-state index contributed by atoms with van der Waals surface area (Å²) in [5.41, 5.74) is -1.47. The number of rotatable bonds is 6. The molecule has 0 atom stereocenters. The number of nitro benzene ring substituents is 2. The van der Waals surface area contributed by atoms with Crippen molar-refractivity contribution in [1.29, 1.82) is 0 Å². The Bertz CT molecular complexity index is 946. The van der Waals surface area contributed by atoms with Crippen LogP contribution in [0.2, 0.25) is 0 Å². The fraction of sp³-hybridized carbons (Fsp3) is 0.125. The summed E-state index contributed by atoms with van der Waals surface area (Å²) in [5.74, 6) is -3.01. The molecule has 0 aliphatic heterocycles. The molecule has 0 aliphatic rings. The van der Waals surface area contributed by atoms with Crippen LogP contribution in [0, 0.1) is 33.0 Å². The molecule has 0 fully saturated rings. The number of nitrogens with one attached hydrogen (secondary N) is 1. The number of nitrogens with zero attached hydrogens (tertiary/aromatic N) is 2. The quantitative estimate of drug-likeness (QED) is 0.463. The molecule has 2 aromatic rings. The number of halogens is 1. The predicted molar refractivity (Wildman–Crippen MR) is 89.8 cm³/mol. The molecule has 2 rings (SSSR count). The fourth-order valence-corrected chi connectivity index (χ4v) is 2.18. The summed E-state index contributed by atoms with van der Waals surface area (Å²) in [6, 6.07) is 6.55. The Morgan fingerprint density at radius 3 is 2.48 bits per heavy atom. The lowest BCUT2D eigenvalue weighted by molar-refractivity contribution is -0.385. The van der Waals surface area contributed by atoms with E-state index < -0.39 is 51.2 Å². The number of aryl methyl sites for hydroxylation is 1. The Labute approximate surface area is 150 Å². The highest BCUT2D eigenvalue weighted by atomic mass is 19.1. The Balaban J connectivity index is 2.08. The molecule has 140 valence electrons. The Morgan fingerprint density at radius 2 is 1.85 bits per heavy atom. The molecule has 11 heteroatoms. The van der Waals surface area contributed by atoms with Crippen LogP contribution in [0.25, 0.3) is 0 Å². The number of non-ortho nitro benzene ring substituents is 1. The SMILES string of the molecule is Cc1cccc(C(=O)OCC(=O)Nc2cc([N+](=O)[O-])ccc2F)c1[N+](=O)[O-]. The van der Waals surface area contributed by atoms with Gasteiger partial charge in [0.15, 0.2) is 6.61 Å². The van der Waals surface area contributed by atoms with Crippen LogP contribution in [-0.2, 0) is 9.53 Å². The fourth-order valence-electron chi connectivity index (χ4n) is 2.18. The van der Waals surface area contributed by atoms with Crippen LogP contribution < -0.4 is 5.32 Å². The number of carbonyl (C=O) groups excluding carboxylic acids is 2. The molecule has 0 saturated heterocycles. The molecular weight excluding hydrogens is 365 g/mol. The van der Waals surface area contributed by atoms with Gasteiger partial charge in [0, 0.05) is 17.7 Å². The number of amides is 1. The van der Waals surface area contributed by atoms with Gasteiger partial charge in [-0.2, -0.15) is 0 Å². The number of hydrogen-bond donors (Lipinski definition) is 1. The van der Waals surface area contributed by atoms with Crippen LogP contribution in [0.4, 0.5) is 21.5 Å². The topological polar surface area (TPSA) is 142 Å². The molecule has 0 aliphatic carbocycles. The van der Waals surface area contributed by atoms with E-state index in [2.05, 4.69) is 0 Å². The van der Waals surface area contributed by atoms with Crippen LogP contribution >= 0.6 is 0 Å². The summed E-state index contributed by atoms with van der Waals surface area (Å²) in [7, 11) is 0. The van der Waals surface area contributed by atoms with Crippen LogP contribution in [0.15, 0.2) is 36.4 Å². The Morgan fingerprint density at radius 1 is 1.15 bits per heavy atom. The van der Waals surface area contributed by atoms with Gasteiger partial charge in [-0.15, -0.1) is 0 Å². The first kappa shape index (κ1) is 19.4. The van der Waals surface area contributed by atoms with Crippen molar-refractivity contribution < 1.29 is 28.6 Å². The van der Waals surface area contributed by atoms with Crippen LogP contribution in [0.3, 0.4) is 0 Å². The standard InChI is InChI=1S/C16H12FN3O7/c1-9-3-2-4-11(15(9)20(25)26)16(22)27-8-14(21)18-13-7-10(19(23)24)5-6-12(13)17/h2-7H,8H2,1H3,(H,18,21). The van der Waals surface area contributed by atoms with Gasteiger partial charge in [-0.1, -0.05) is 12.1 Å². The van der Waals surface area contributed by atoms with Gasteiger partial charge in [-0.25, -0.2) is 9.18 Å². The van der Waals surface area contributed by atoms with E-state index in [9.17, 15) is 34.2 Å². The van der Waals surface area contributed by atoms with Crippen molar-refractivity contribution >= 4 is 28.9 Å². The lowest BCUT2D eigenvalue weighted by Gasteiger charge is -2.08. The maximum Gasteiger partial charge on any atom is 0.345 e. The van der Waals surface area contributed by atoms with E-state index in [1.165, 1.54) is 25.1 Å². The van der Waals surface area contributed by atoms with Gasteiger partial charge in [0.1, 0.15) is 11.4 Å². The van der Waals surface area contributed by atoms with E-state index in [0.29, 0.717) is 0 Å². The van der Waals surface area contributed by atoms with E-state index in [-0.39, 0.29) is 11.1 Å². The highest BCUT2D eigenvalue weighted by Crippen LogP contribution is 2.24. The highest BCUT2D eigenvalue weighted by molar-refractivity contribution is 5.98. The molecule has 0 unspecified atom stereocenters. The highest BCUT2D eigenvalue weighted by Gasteiger charge is 2.24. The second kappa shape index (κ2) is 7.99. The van der Waals surface area contributed by atoms with E-state index in [4.69, 9.17) is 4.74 Å². The van der Waals surface area contributed by atoms with Gasteiger partial charge in [-0.05, 0) is 19.1 Å². The van der Waals surface area contributed by atoms with Crippen LogP contribution in [-0.4, -0.2) is 28.3 Å². The molecule has 27 heavy (non-hydrogen) atoms. The Kier molecular flexibility index (Phi) is 5.75. The summed E-state index contributed by atoms with van der Waals surface area (Å²) in [4.78, 5) is 44.1. The third-order valence-electron chi connectivity index (χ3n) is 3.41. The number of anilines is 1. The summed E-state index contributed by atoms with van der Waals surface area (Å²) in [5, 5.41) is 23.8. The second-order valence-electron chi connectivity index (χ2n) is 5.27. The summed E-state index contributed by atoms with van der Waals surface area (Å²) >= 11 is 0. The van der Waals surface area contributed by atoms with Crippen molar-refractivity contribution in [2.45, 2.75) is 6.92 Å². The van der Waals surface area contributed by atoms with Crippen LogP contribution in [0.5, 0.6) is 0 Å².